The molecule has 0 saturated carbocycles. The van der Waals surface area contributed by atoms with Crippen molar-refractivity contribution in [2.45, 2.75) is 19.3 Å². The molecule has 1 aliphatic rings. The second-order valence-electron chi connectivity index (χ2n) is 4.94. The molecule has 1 saturated heterocycles. The van der Waals surface area contributed by atoms with Crippen LogP contribution in [0.1, 0.15) is 18.6 Å². The van der Waals surface area contributed by atoms with Gasteiger partial charge in [0.15, 0.2) is 0 Å². The lowest BCUT2D eigenvalue weighted by atomic mass is 10.2. The molecule has 1 aromatic heterocycles. The van der Waals surface area contributed by atoms with E-state index in [1.54, 1.807) is 6.26 Å². The Bertz CT molecular complexity index is 370. The van der Waals surface area contributed by atoms with Crippen LogP contribution in [0.4, 0.5) is 0 Å². The first kappa shape index (κ1) is 14.1. The number of amides is 1. The summed E-state index contributed by atoms with van der Waals surface area (Å²) >= 11 is 0. The lowest BCUT2D eigenvalue weighted by Gasteiger charge is -2.34. The lowest BCUT2D eigenvalue weighted by Crippen LogP contribution is -2.49. The highest BCUT2D eigenvalue weighted by atomic mass is 16.3. The molecule has 19 heavy (non-hydrogen) atoms. The van der Waals surface area contributed by atoms with Crippen molar-refractivity contribution in [2.75, 3.05) is 39.3 Å². The van der Waals surface area contributed by atoms with Gasteiger partial charge in [0, 0.05) is 39.0 Å². The molecule has 5 heteroatoms. The van der Waals surface area contributed by atoms with E-state index < -0.39 is 0 Å². The highest BCUT2D eigenvalue weighted by molar-refractivity contribution is 5.76. The number of nitrogens with zero attached hydrogens (tertiary/aromatic N) is 2. The molecule has 0 aromatic carbocycles. The molecule has 1 aliphatic heterocycles. The summed E-state index contributed by atoms with van der Waals surface area (Å²) in [4.78, 5) is 16.4. The van der Waals surface area contributed by atoms with Gasteiger partial charge in [-0.05, 0) is 31.6 Å². The molecule has 2 N–H and O–H groups in total. The summed E-state index contributed by atoms with van der Waals surface area (Å²) in [5.41, 5.74) is 5.51. The van der Waals surface area contributed by atoms with Gasteiger partial charge in [0.2, 0.25) is 5.91 Å². The third-order valence-corrected chi connectivity index (χ3v) is 3.57. The smallest absolute Gasteiger partial charge is 0.223 e. The van der Waals surface area contributed by atoms with Crippen LogP contribution in [0.25, 0.3) is 0 Å². The fourth-order valence-electron chi connectivity index (χ4n) is 2.38. The monoisotopic (exact) mass is 265 g/mol. The number of piperazine rings is 1. The van der Waals surface area contributed by atoms with Gasteiger partial charge < -0.3 is 15.1 Å². The predicted octanol–water partition coefficient (Wildman–Crippen LogP) is 0.705. The van der Waals surface area contributed by atoms with Crippen molar-refractivity contribution in [1.82, 2.24) is 9.80 Å². The first-order valence-electron chi connectivity index (χ1n) is 7.02. The summed E-state index contributed by atoms with van der Waals surface area (Å²) < 4.78 is 5.24. The number of rotatable bonds is 6. The van der Waals surface area contributed by atoms with Crippen LogP contribution in [0.2, 0.25) is 0 Å². The minimum absolute atomic E-state index is 0.231. The number of aryl methyl sites for hydroxylation is 1. The van der Waals surface area contributed by atoms with E-state index in [1.807, 2.05) is 17.0 Å². The van der Waals surface area contributed by atoms with Crippen molar-refractivity contribution >= 4 is 5.91 Å². The molecule has 0 unspecified atom stereocenters. The van der Waals surface area contributed by atoms with Gasteiger partial charge in [-0.25, -0.2) is 0 Å². The van der Waals surface area contributed by atoms with Crippen LogP contribution in [0.3, 0.4) is 0 Å². The van der Waals surface area contributed by atoms with Gasteiger partial charge in [-0.15, -0.1) is 0 Å². The summed E-state index contributed by atoms with van der Waals surface area (Å²) in [6, 6.07) is 3.77. The van der Waals surface area contributed by atoms with Gasteiger partial charge in [-0.1, -0.05) is 0 Å². The quantitative estimate of drug-likeness (QED) is 0.822. The van der Waals surface area contributed by atoms with Gasteiger partial charge in [0.25, 0.3) is 0 Å². The van der Waals surface area contributed by atoms with Crippen LogP contribution in [-0.4, -0.2) is 55.0 Å². The van der Waals surface area contributed by atoms with Crippen LogP contribution in [0, 0.1) is 0 Å². The van der Waals surface area contributed by atoms with Crippen LogP contribution in [0.5, 0.6) is 0 Å². The summed E-state index contributed by atoms with van der Waals surface area (Å²) in [6.07, 6.45) is 3.91. The standard InChI is InChI=1S/C14H23N3O2/c15-6-2-7-16-8-10-17(11-9-16)14(18)5-4-13-3-1-12-19-13/h1,3,12H,2,4-11,15H2. The molecule has 1 aromatic rings. The Balaban J connectivity index is 1.67. The van der Waals surface area contributed by atoms with E-state index in [0.717, 1.165) is 51.4 Å². The summed E-state index contributed by atoms with van der Waals surface area (Å²) in [5, 5.41) is 0. The first-order chi connectivity index (χ1) is 9.29. The largest absolute Gasteiger partial charge is 0.469 e. The highest BCUT2D eigenvalue weighted by Gasteiger charge is 2.20. The molecule has 0 radical (unpaired) electrons. The van der Waals surface area contributed by atoms with Gasteiger partial charge in [0.1, 0.15) is 5.76 Å². The first-order valence-corrected chi connectivity index (χ1v) is 7.02. The maximum Gasteiger partial charge on any atom is 0.223 e. The third-order valence-electron chi connectivity index (χ3n) is 3.57. The maximum atomic E-state index is 12.1. The van der Waals surface area contributed by atoms with E-state index >= 15 is 0 Å². The van der Waals surface area contributed by atoms with Crippen LogP contribution >= 0.6 is 0 Å². The Labute approximate surface area is 114 Å². The van der Waals surface area contributed by atoms with E-state index in [9.17, 15) is 4.79 Å². The van der Waals surface area contributed by atoms with Crippen molar-refractivity contribution in [3.8, 4) is 0 Å². The highest BCUT2D eigenvalue weighted by Crippen LogP contribution is 2.08. The number of furan rings is 1. The normalized spacial score (nSPS) is 16.8. The molecule has 106 valence electrons. The molecule has 0 spiro atoms. The number of carbonyl (C=O) groups excluding carboxylic acids is 1. The number of hydrogen-bond donors (Lipinski definition) is 1. The fourth-order valence-corrected chi connectivity index (χ4v) is 2.38. The predicted molar refractivity (Wildman–Crippen MR) is 73.7 cm³/mol. The van der Waals surface area contributed by atoms with E-state index in [-0.39, 0.29) is 5.91 Å². The average molecular weight is 265 g/mol. The minimum atomic E-state index is 0.231. The molecule has 0 bridgehead atoms. The summed E-state index contributed by atoms with van der Waals surface area (Å²) in [5.74, 6) is 1.12. The Morgan fingerprint density at radius 3 is 2.74 bits per heavy atom. The van der Waals surface area contributed by atoms with Gasteiger partial charge in [0.05, 0.1) is 6.26 Å². The SMILES string of the molecule is NCCCN1CCN(C(=O)CCc2ccco2)CC1. The number of nitrogens with two attached hydrogens (primary N) is 1. The average Bonchev–Trinajstić information content (AvgIpc) is 2.96. The van der Waals surface area contributed by atoms with Gasteiger partial charge in [-0.3, -0.25) is 9.69 Å². The van der Waals surface area contributed by atoms with Crippen molar-refractivity contribution in [3.63, 3.8) is 0 Å². The molecule has 0 aliphatic carbocycles. The van der Waals surface area contributed by atoms with Gasteiger partial charge >= 0.3 is 0 Å². The Morgan fingerprint density at radius 1 is 1.32 bits per heavy atom. The molecule has 2 rings (SSSR count). The fraction of sp³-hybridized carbons (Fsp3) is 0.643. The second-order valence-corrected chi connectivity index (χ2v) is 4.94. The van der Waals surface area contributed by atoms with Crippen molar-refractivity contribution in [1.29, 1.82) is 0 Å². The van der Waals surface area contributed by atoms with Crippen LogP contribution in [0.15, 0.2) is 22.8 Å². The maximum absolute atomic E-state index is 12.1. The number of carbonyl (C=O) groups is 1. The zero-order chi connectivity index (χ0) is 13.5. The van der Waals surface area contributed by atoms with E-state index in [4.69, 9.17) is 10.2 Å². The second kappa shape index (κ2) is 7.31. The lowest BCUT2D eigenvalue weighted by molar-refractivity contribution is -0.133. The zero-order valence-electron chi connectivity index (χ0n) is 11.4. The molecular formula is C14H23N3O2. The molecule has 5 nitrogen and oxygen atoms in total. The van der Waals surface area contributed by atoms with Crippen molar-refractivity contribution in [3.05, 3.63) is 24.2 Å². The van der Waals surface area contributed by atoms with Crippen LogP contribution in [-0.2, 0) is 11.2 Å². The number of hydrogen-bond acceptors (Lipinski definition) is 4. The summed E-state index contributed by atoms with van der Waals surface area (Å²) in [7, 11) is 0. The van der Waals surface area contributed by atoms with Crippen molar-refractivity contribution in [2.24, 2.45) is 5.73 Å². The molecule has 1 fully saturated rings. The topological polar surface area (TPSA) is 62.7 Å². The van der Waals surface area contributed by atoms with E-state index in [2.05, 4.69) is 4.90 Å². The van der Waals surface area contributed by atoms with Gasteiger partial charge in [-0.2, -0.15) is 0 Å². The summed E-state index contributed by atoms with van der Waals surface area (Å²) in [6.45, 7) is 5.38. The Kier molecular flexibility index (Phi) is 5.42. The molecule has 2 heterocycles. The Hall–Kier alpha value is -1.33. The van der Waals surface area contributed by atoms with E-state index in [0.29, 0.717) is 12.8 Å². The molecular weight excluding hydrogens is 242 g/mol. The zero-order valence-corrected chi connectivity index (χ0v) is 11.4. The van der Waals surface area contributed by atoms with E-state index in [1.165, 1.54) is 0 Å². The van der Waals surface area contributed by atoms with Crippen molar-refractivity contribution < 1.29 is 9.21 Å². The van der Waals surface area contributed by atoms with Crippen LogP contribution < -0.4 is 5.73 Å². The minimum Gasteiger partial charge on any atom is -0.469 e. The Morgan fingerprint density at radius 2 is 2.11 bits per heavy atom. The molecule has 0 atom stereocenters. The molecule has 1 amide bonds. The third kappa shape index (κ3) is 4.36.